The normalized spacial score (nSPS) is 12.4. The van der Waals surface area contributed by atoms with E-state index in [2.05, 4.69) is 0 Å². The van der Waals surface area contributed by atoms with Crippen LogP contribution in [0.2, 0.25) is 0 Å². The highest BCUT2D eigenvalue weighted by Gasteiger charge is 2.31. The van der Waals surface area contributed by atoms with Crippen molar-refractivity contribution in [3.63, 3.8) is 0 Å². The summed E-state index contributed by atoms with van der Waals surface area (Å²) in [4.78, 5) is 38.5. The van der Waals surface area contributed by atoms with Crippen LogP contribution in [0.5, 0.6) is 0 Å². The highest BCUT2D eigenvalue weighted by Crippen LogP contribution is 2.36. The van der Waals surface area contributed by atoms with Crippen LogP contribution in [0.15, 0.2) is 71.6 Å². The molecule has 0 radical (unpaired) electrons. The van der Waals surface area contributed by atoms with E-state index in [0.717, 1.165) is 0 Å². The molecule has 0 spiro atoms. The lowest BCUT2D eigenvalue weighted by atomic mass is 9.83. The molecular weight excluding hydrogens is 358 g/mol. The first-order chi connectivity index (χ1) is 13.1. The van der Waals surface area contributed by atoms with Gasteiger partial charge in [-0.25, -0.2) is 0 Å². The van der Waals surface area contributed by atoms with Gasteiger partial charge < -0.3 is 5.73 Å². The fourth-order valence-corrected chi connectivity index (χ4v) is 4.04. The summed E-state index contributed by atoms with van der Waals surface area (Å²) in [7, 11) is 0. The van der Waals surface area contributed by atoms with Crippen molar-refractivity contribution >= 4 is 34.8 Å². The Morgan fingerprint density at radius 2 is 1.41 bits per heavy atom. The maximum absolute atomic E-state index is 12.9. The number of carbonyl (C=O) groups is 3. The zero-order valence-electron chi connectivity index (χ0n) is 14.3. The van der Waals surface area contributed by atoms with Gasteiger partial charge in [-0.15, -0.1) is 11.8 Å². The highest BCUT2D eigenvalue weighted by atomic mass is 32.2. The average Bonchev–Trinajstić information content (AvgIpc) is 2.71. The Bertz CT molecular complexity index is 1090. The Morgan fingerprint density at radius 3 is 2.11 bits per heavy atom. The van der Waals surface area contributed by atoms with Gasteiger partial charge in [0.2, 0.25) is 0 Å². The molecule has 4 nitrogen and oxygen atoms in total. The van der Waals surface area contributed by atoms with Crippen molar-refractivity contribution < 1.29 is 14.4 Å². The zero-order chi connectivity index (χ0) is 19.0. The van der Waals surface area contributed by atoms with Crippen molar-refractivity contribution in [2.45, 2.75) is 4.90 Å². The molecule has 0 fully saturated rings. The Morgan fingerprint density at radius 1 is 0.778 bits per heavy atom. The van der Waals surface area contributed by atoms with Crippen LogP contribution in [0.25, 0.3) is 0 Å². The topological polar surface area (TPSA) is 77.2 Å². The van der Waals surface area contributed by atoms with Gasteiger partial charge in [0.1, 0.15) is 0 Å². The van der Waals surface area contributed by atoms with Crippen LogP contribution < -0.4 is 5.73 Å². The molecule has 5 heteroatoms. The molecule has 27 heavy (non-hydrogen) atoms. The van der Waals surface area contributed by atoms with E-state index < -0.39 is 0 Å². The summed E-state index contributed by atoms with van der Waals surface area (Å²) in [6, 6.07) is 19.1. The van der Waals surface area contributed by atoms with Crippen LogP contribution in [-0.2, 0) is 0 Å². The van der Waals surface area contributed by atoms with E-state index in [1.807, 2.05) is 18.2 Å². The smallest absolute Gasteiger partial charge is 0.196 e. The van der Waals surface area contributed by atoms with Crippen LogP contribution in [0, 0.1) is 0 Å². The number of Topliss-reactive ketones (excluding diaryl/α,β-unsaturated/α-hetero) is 1. The van der Waals surface area contributed by atoms with E-state index in [1.54, 1.807) is 48.5 Å². The summed E-state index contributed by atoms with van der Waals surface area (Å²) in [6.45, 7) is 0. The minimum atomic E-state index is -0.255. The van der Waals surface area contributed by atoms with Gasteiger partial charge in [-0.2, -0.15) is 0 Å². The first kappa shape index (κ1) is 17.2. The molecule has 0 aromatic heterocycles. The lowest BCUT2D eigenvalue weighted by Crippen LogP contribution is -2.22. The molecule has 1 aliphatic rings. The van der Waals surface area contributed by atoms with Crippen molar-refractivity contribution in [1.29, 1.82) is 0 Å². The highest BCUT2D eigenvalue weighted by molar-refractivity contribution is 8.00. The summed E-state index contributed by atoms with van der Waals surface area (Å²) in [5.41, 5.74) is 8.43. The number of benzene rings is 3. The van der Waals surface area contributed by atoms with Gasteiger partial charge in [-0.05, 0) is 12.1 Å². The summed E-state index contributed by atoms with van der Waals surface area (Å²) in [5, 5.41) is 0. The van der Waals surface area contributed by atoms with Gasteiger partial charge in [0.05, 0.1) is 17.0 Å². The monoisotopic (exact) mass is 373 g/mol. The second kappa shape index (κ2) is 6.85. The predicted molar refractivity (Wildman–Crippen MR) is 106 cm³/mol. The summed E-state index contributed by atoms with van der Waals surface area (Å²) >= 11 is 1.27. The second-order valence-electron chi connectivity index (χ2n) is 6.18. The molecule has 3 aromatic rings. The average molecular weight is 373 g/mol. The third-order valence-corrected chi connectivity index (χ3v) is 5.62. The number of anilines is 1. The lowest BCUT2D eigenvalue weighted by Gasteiger charge is -2.20. The standard InChI is InChI=1S/C22H15NO3S/c23-20-18(27-12-17(24)13-6-2-1-3-7-13)11-10-16-19(20)22(26)15-9-5-4-8-14(15)21(16)25/h1-11H,12,23H2. The summed E-state index contributed by atoms with van der Waals surface area (Å²) in [6.07, 6.45) is 0. The van der Waals surface area contributed by atoms with Crippen LogP contribution in [0.4, 0.5) is 5.69 Å². The number of rotatable bonds is 4. The van der Waals surface area contributed by atoms with Crippen LogP contribution in [-0.4, -0.2) is 23.1 Å². The molecule has 0 bridgehead atoms. The minimum Gasteiger partial charge on any atom is -0.397 e. The van der Waals surface area contributed by atoms with Crippen molar-refractivity contribution in [2.24, 2.45) is 0 Å². The zero-order valence-corrected chi connectivity index (χ0v) is 15.1. The van der Waals surface area contributed by atoms with Crippen molar-refractivity contribution in [2.75, 3.05) is 11.5 Å². The summed E-state index contributed by atoms with van der Waals surface area (Å²) < 4.78 is 0. The number of fused-ring (bicyclic) bond motifs is 2. The second-order valence-corrected chi connectivity index (χ2v) is 7.20. The van der Waals surface area contributed by atoms with Gasteiger partial charge in [-0.3, -0.25) is 14.4 Å². The Kier molecular flexibility index (Phi) is 4.38. The van der Waals surface area contributed by atoms with Gasteiger partial charge in [0.15, 0.2) is 17.3 Å². The Hall–Kier alpha value is -3.18. The van der Waals surface area contributed by atoms with Crippen molar-refractivity contribution in [1.82, 2.24) is 0 Å². The van der Waals surface area contributed by atoms with Crippen molar-refractivity contribution in [3.05, 3.63) is 94.5 Å². The van der Waals surface area contributed by atoms with Crippen LogP contribution >= 0.6 is 11.8 Å². The Balaban J connectivity index is 1.65. The maximum Gasteiger partial charge on any atom is 0.196 e. The molecule has 132 valence electrons. The quantitative estimate of drug-likeness (QED) is 0.332. The van der Waals surface area contributed by atoms with E-state index in [1.165, 1.54) is 11.8 Å². The number of nitrogen functional groups attached to an aromatic ring is 1. The van der Waals surface area contributed by atoms with Gasteiger partial charge in [-0.1, -0.05) is 54.6 Å². The lowest BCUT2D eigenvalue weighted by molar-refractivity contribution is 0.0979. The molecule has 2 N–H and O–H groups in total. The molecule has 0 saturated carbocycles. The number of nitrogens with two attached hydrogens (primary N) is 1. The molecule has 0 amide bonds. The van der Waals surface area contributed by atoms with E-state index in [0.29, 0.717) is 27.1 Å². The molecule has 0 aliphatic heterocycles. The van der Waals surface area contributed by atoms with Gasteiger partial charge in [0.25, 0.3) is 0 Å². The maximum atomic E-state index is 12.9. The molecule has 3 aromatic carbocycles. The third kappa shape index (κ3) is 2.96. The molecule has 1 aliphatic carbocycles. The molecule has 0 heterocycles. The predicted octanol–water partition coefficient (Wildman–Crippen LogP) is 4.02. The first-order valence-corrected chi connectivity index (χ1v) is 9.38. The van der Waals surface area contributed by atoms with Crippen LogP contribution in [0.1, 0.15) is 42.2 Å². The largest absolute Gasteiger partial charge is 0.397 e. The molecule has 0 atom stereocenters. The number of hydrogen-bond acceptors (Lipinski definition) is 5. The third-order valence-electron chi connectivity index (χ3n) is 4.55. The summed E-state index contributed by atoms with van der Waals surface area (Å²) in [5.74, 6) is -0.282. The molecule has 0 saturated heterocycles. The molecular formula is C22H15NO3S. The first-order valence-electron chi connectivity index (χ1n) is 8.40. The van der Waals surface area contributed by atoms with E-state index in [4.69, 9.17) is 5.73 Å². The van der Waals surface area contributed by atoms with Crippen LogP contribution in [0.3, 0.4) is 0 Å². The van der Waals surface area contributed by atoms with Gasteiger partial charge in [0, 0.05) is 27.1 Å². The van der Waals surface area contributed by atoms with E-state index in [9.17, 15) is 14.4 Å². The van der Waals surface area contributed by atoms with E-state index in [-0.39, 0.29) is 34.4 Å². The van der Waals surface area contributed by atoms with Gasteiger partial charge >= 0.3 is 0 Å². The molecule has 4 rings (SSSR count). The number of thioether (sulfide) groups is 1. The number of hydrogen-bond donors (Lipinski definition) is 1. The Labute approximate surface area is 160 Å². The van der Waals surface area contributed by atoms with Crippen molar-refractivity contribution in [3.8, 4) is 0 Å². The van der Waals surface area contributed by atoms with E-state index >= 15 is 0 Å². The number of carbonyl (C=O) groups excluding carboxylic acids is 3. The fraction of sp³-hybridized carbons (Fsp3) is 0.0455. The number of ketones is 3. The minimum absolute atomic E-state index is 0.0227. The fourth-order valence-electron chi connectivity index (χ4n) is 3.17. The molecule has 0 unspecified atom stereocenters. The SMILES string of the molecule is Nc1c(SCC(=O)c2ccccc2)ccc2c1C(=O)c1ccccc1C2=O.